The number of carbonyl (C=O) groups excluding carboxylic acids is 3. The Morgan fingerprint density at radius 2 is 1.86 bits per heavy atom. The number of aliphatic hydroxyl groups excluding tert-OH is 1. The fraction of sp³-hybridized carbons (Fsp3) is 0.679. The highest BCUT2D eigenvalue weighted by molar-refractivity contribution is 6.04. The summed E-state index contributed by atoms with van der Waals surface area (Å²) in [5.74, 6) is -2.27. The van der Waals surface area contributed by atoms with Crippen LogP contribution in [-0.4, -0.2) is 64.2 Å². The fourth-order valence-electron chi connectivity index (χ4n) is 6.80. The molecule has 3 heterocycles. The molecule has 3 saturated heterocycles. The van der Waals surface area contributed by atoms with Gasteiger partial charge in [0, 0.05) is 12.2 Å². The van der Waals surface area contributed by atoms with Crippen molar-refractivity contribution in [1.82, 2.24) is 10.2 Å². The number of aliphatic hydroxyl groups is 1. The summed E-state index contributed by atoms with van der Waals surface area (Å²) in [5.41, 5.74) is 0.645. The van der Waals surface area contributed by atoms with Gasteiger partial charge in [-0.25, -0.2) is 0 Å². The highest BCUT2D eigenvalue weighted by atomic mass is 16.5. The molecule has 0 aliphatic carbocycles. The normalized spacial score (nSPS) is 32.4. The van der Waals surface area contributed by atoms with Gasteiger partial charge in [-0.3, -0.25) is 14.4 Å². The predicted octanol–water partition coefficient (Wildman–Crippen LogP) is 2.94. The van der Waals surface area contributed by atoms with E-state index in [0.717, 1.165) is 29.7 Å². The van der Waals surface area contributed by atoms with Crippen LogP contribution in [0.1, 0.15) is 64.5 Å². The number of anilines is 1. The van der Waals surface area contributed by atoms with Crippen LogP contribution in [0.25, 0.3) is 0 Å². The number of aryl methyl sites for hydroxylation is 2. The average molecular weight is 500 g/mol. The zero-order chi connectivity index (χ0) is 26.4. The molecule has 8 heteroatoms. The zero-order valence-electron chi connectivity index (χ0n) is 22.4. The molecular weight excluding hydrogens is 458 g/mol. The standard InChI is InChI=1S/C28H41N3O5/c1-7-14-29-24(33)20-21-26(35)31(19(15-32)16(3)8-2)23(28(21)13-12-27(20,6)36-28)25(34)30-22-17(4)10-9-11-18(22)5/h9-11,16,19-21,23,32H,7-8,12-15H2,1-6H3,(H,29,33)(H,30,34)/t16-,19-,20+,21-,23?,27-,28?/m0/s1. The Kier molecular flexibility index (Phi) is 7.23. The molecule has 3 fully saturated rings. The first-order chi connectivity index (χ1) is 17.1. The monoisotopic (exact) mass is 499 g/mol. The maximum atomic E-state index is 14.2. The summed E-state index contributed by atoms with van der Waals surface area (Å²) >= 11 is 0. The van der Waals surface area contributed by atoms with Gasteiger partial charge in [-0.1, -0.05) is 45.4 Å². The number of hydrogen-bond acceptors (Lipinski definition) is 5. The van der Waals surface area contributed by atoms with Crippen LogP contribution in [0, 0.1) is 31.6 Å². The highest BCUT2D eigenvalue weighted by Gasteiger charge is 2.78. The van der Waals surface area contributed by atoms with Crippen molar-refractivity contribution in [3.63, 3.8) is 0 Å². The number of rotatable bonds is 9. The highest BCUT2D eigenvalue weighted by Crippen LogP contribution is 2.63. The Morgan fingerprint density at radius 3 is 2.44 bits per heavy atom. The minimum absolute atomic E-state index is 0.0372. The third-order valence-electron chi connectivity index (χ3n) is 8.87. The summed E-state index contributed by atoms with van der Waals surface area (Å²) in [4.78, 5) is 43.2. The number of benzene rings is 1. The lowest BCUT2D eigenvalue weighted by Gasteiger charge is -2.39. The van der Waals surface area contributed by atoms with Crippen molar-refractivity contribution in [2.24, 2.45) is 17.8 Å². The van der Waals surface area contributed by atoms with E-state index in [0.29, 0.717) is 19.4 Å². The number of nitrogens with zero attached hydrogens (tertiary/aromatic N) is 1. The van der Waals surface area contributed by atoms with Crippen LogP contribution in [0.3, 0.4) is 0 Å². The lowest BCUT2D eigenvalue weighted by Crippen LogP contribution is -2.57. The average Bonchev–Trinajstić information content (AvgIpc) is 3.41. The molecule has 8 nitrogen and oxygen atoms in total. The molecule has 1 aromatic carbocycles. The second-order valence-corrected chi connectivity index (χ2v) is 11.2. The number of amides is 3. The van der Waals surface area contributed by atoms with Crippen LogP contribution in [0.4, 0.5) is 5.69 Å². The van der Waals surface area contributed by atoms with Crippen LogP contribution in [-0.2, 0) is 19.1 Å². The molecule has 3 amide bonds. The SMILES string of the molecule is CCCNC(=O)[C@H]1[C@H]2C(=O)N([C@@H](CO)[C@@H](C)CC)C(C(=O)Nc3c(C)cccc3C)C23CC[C@]1(C)O3. The lowest BCUT2D eigenvalue weighted by atomic mass is 9.66. The second kappa shape index (κ2) is 9.78. The number of likely N-dealkylation sites (tertiary alicyclic amines) is 1. The van der Waals surface area contributed by atoms with E-state index in [4.69, 9.17) is 4.74 Å². The van der Waals surface area contributed by atoms with Crippen molar-refractivity contribution in [2.45, 2.75) is 90.5 Å². The van der Waals surface area contributed by atoms with E-state index < -0.39 is 35.1 Å². The first-order valence-corrected chi connectivity index (χ1v) is 13.3. The largest absolute Gasteiger partial charge is 0.394 e. The van der Waals surface area contributed by atoms with Gasteiger partial charge >= 0.3 is 0 Å². The molecule has 0 aromatic heterocycles. The van der Waals surface area contributed by atoms with Crippen LogP contribution < -0.4 is 10.6 Å². The minimum Gasteiger partial charge on any atom is -0.394 e. The van der Waals surface area contributed by atoms with Crippen LogP contribution in [0.2, 0.25) is 0 Å². The van der Waals surface area contributed by atoms with E-state index in [1.165, 1.54) is 0 Å². The molecule has 0 saturated carbocycles. The molecule has 2 bridgehead atoms. The van der Waals surface area contributed by atoms with E-state index in [1.54, 1.807) is 4.90 Å². The van der Waals surface area contributed by atoms with E-state index in [9.17, 15) is 19.5 Å². The molecule has 7 atom stereocenters. The van der Waals surface area contributed by atoms with Crippen molar-refractivity contribution in [3.8, 4) is 0 Å². The van der Waals surface area contributed by atoms with E-state index in [1.807, 2.05) is 59.7 Å². The van der Waals surface area contributed by atoms with Crippen molar-refractivity contribution < 1.29 is 24.2 Å². The first-order valence-electron chi connectivity index (χ1n) is 13.3. The Labute approximate surface area is 214 Å². The number of nitrogens with one attached hydrogen (secondary N) is 2. The van der Waals surface area contributed by atoms with Gasteiger partial charge in [0.1, 0.15) is 11.6 Å². The number of hydrogen-bond donors (Lipinski definition) is 3. The topological polar surface area (TPSA) is 108 Å². The van der Waals surface area contributed by atoms with Crippen molar-refractivity contribution >= 4 is 23.4 Å². The summed E-state index contributed by atoms with van der Waals surface area (Å²) in [6, 6.07) is 4.32. The first kappa shape index (κ1) is 26.6. The van der Waals surface area contributed by atoms with Gasteiger partial charge in [0.2, 0.25) is 17.7 Å². The van der Waals surface area contributed by atoms with Crippen molar-refractivity contribution in [1.29, 1.82) is 0 Å². The molecule has 3 aliphatic rings. The predicted molar refractivity (Wildman–Crippen MR) is 137 cm³/mol. The van der Waals surface area contributed by atoms with Gasteiger partial charge in [-0.15, -0.1) is 0 Å². The Balaban J connectivity index is 1.80. The smallest absolute Gasteiger partial charge is 0.250 e. The maximum absolute atomic E-state index is 14.2. The van der Waals surface area contributed by atoms with E-state index in [2.05, 4.69) is 10.6 Å². The van der Waals surface area contributed by atoms with Crippen LogP contribution in [0.15, 0.2) is 18.2 Å². The van der Waals surface area contributed by atoms with E-state index >= 15 is 0 Å². The molecule has 1 aromatic rings. The van der Waals surface area contributed by atoms with Gasteiger partial charge in [-0.2, -0.15) is 0 Å². The van der Waals surface area contributed by atoms with E-state index in [-0.39, 0.29) is 30.2 Å². The molecule has 3 N–H and O–H groups in total. The second-order valence-electron chi connectivity index (χ2n) is 11.2. The molecule has 1 spiro atoms. The number of ether oxygens (including phenoxy) is 1. The molecular formula is C28H41N3O5. The van der Waals surface area contributed by atoms with Crippen LogP contribution in [0.5, 0.6) is 0 Å². The van der Waals surface area contributed by atoms with Gasteiger partial charge in [-0.05, 0) is 57.1 Å². The fourth-order valence-corrected chi connectivity index (χ4v) is 6.80. The van der Waals surface area contributed by atoms with Crippen molar-refractivity contribution in [2.75, 3.05) is 18.5 Å². The summed E-state index contributed by atoms with van der Waals surface area (Å²) in [6.07, 6.45) is 2.62. The Bertz CT molecular complexity index is 1020. The van der Waals surface area contributed by atoms with Crippen LogP contribution >= 0.6 is 0 Å². The third kappa shape index (κ3) is 3.93. The molecule has 36 heavy (non-hydrogen) atoms. The van der Waals surface area contributed by atoms with Gasteiger partial charge in [0.25, 0.3) is 0 Å². The van der Waals surface area contributed by atoms with Gasteiger partial charge in [0.05, 0.1) is 30.1 Å². The maximum Gasteiger partial charge on any atom is 0.250 e. The number of carbonyl (C=O) groups is 3. The number of para-hydroxylation sites is 1. The quantitative estimate of drug-likeness (QED) is 0.484. The Morgan fingerprint density at radius 1 is 1.19 bits per heavy atom. The molecule has 4 rings (SSSR count). The molecule has 2 unspecified atom stereocenters. The molecule has 0 radical (unpaired) electrons. The molecule has 198 valence electrons. The molecule has 3 aliphatic heterocycles. The number of fused-ring (bicyclic) bond motifs is 1. The third-order valence-corrected chi connectivity index (χ3v) is 8.87. The summed E-state index contributed by atoms with van der Waals surface area (Å²) in [6.45, 7) is 12.0. The van der Waals surface area contributed by atoms with Gasteiger partial charge < -0.3 is 25.4 Å². The van der Waals surface area contributed by atoms with Gasteiger partial charge in [0.15, 0.2) is 0 Å². The minimum atomic E-state index is -1.11. The Hall–Kier alpha value is -2.45. The summed E-state index contributed by atoms with van der Waals surface area (Å²) < 4.78 is 6.66. The van der Waals surface area contributed by atoms with Crippen molar-refractivity contribution in [3.05, 3.63) is 29.3 Å². The zero-order valence-corrected chi connectivity index (χ0v) is 22.4. The summed E-state index contributed by atoms with van der Waals surface area (Å²) in [5, 5.41) is 16.5. The summed E-state index contributed by atoms with van der Waals surface area (Å²) in [7, 11) is 0. The lowest BCUT2D eigenvalue weighted by molar-refractivity contribution is -0.149.